The van der Waals surface area contributed by atoms with Crippen LogP contribution < -0.4 is 5.73 Å². The van der Waals surface area contributed by atoms with Crippen LogP contribution in [0.1, 0.15) is 59.3 Å². The number of hydrogen-bond acceptors (Lipinski definition) is 2. The molecule has 4 unspecified atom stereocenters. The number of nitrogens with zero attached hydrogens (tertiary/aromatic N) is 1. The van der Waals surface area contributed by atoms with Gasteiger partial charge in [0.2, 0.25) is 5.91 Å². The van der Waals surface area contributed by atoms with Crippen LogP contribution in [0.25, 0.3) is 0 Å². The Morgan fingerprint density at radius 1 is 1.10 bits per heavy atom. The zero-order valence-corrected chi connectivity index (χ0v) is 13.5. The van der Waals surface area contributed by atoms with Crippen molar-refractivity contribution in [1.82, 2.24) is 4.90 Å². The Morgan fingerprint density at radius 3 is 2.50 bits per heavy atom. The fourth-order valence-electron chi connectivity index (χ4n) is 4.10. The first-order valence-electron chi connectivity index (χ1n) is 8.55. The molecule has 0 aromatic carbocycles. The van der Waals surface area contributed by atoms with Crippen molar-refractivity contribution in [2.75, 3.05) is 13.1 Å². The van der Waals surface area contributed by atoms with Gasteiger partial charge in [-0.25, -0.2) is 0 Å². The molecule has 2 rings (SSSR count). The van der Waals surface area contributed by atoms with Crippen molar-refractivity contribution in [3.05, 3.63) is 0 Å². The standard InChI is InChI=1S/C17H32N2O/c1-12(2)14-7-5-10-19(11-9-14)17(20)16-13(3)6-4-8-15(16)18/h12-16H,4-11,18H2,1-3H3. The minimum absolute atomic E-state index is 0.0688. The molecular formula is C17H32N2O. The third-order valence-electron chi connectivity index (χ3n) is 5.58. The van der Waals surface area contributed by atoms with Gasteiger partial charge in [0.1, 0.15) is 0 Å². The zero-order valence-electron chi connectivity index (χ0n) is 13.5. The number of carbonyl (C=O) groups is 1. The van der Waals surface area contributed by atoms with Crippen LogP contribution in [0.4, 0.5) is 0 Å². The summed E-state index contributed by atoms with van der Waals surface area (Å²) in [4.78, 5) is 15.0. The third-order valence-corrected chi connectivity index (χ3v) is 5.58. The summed E-state index contributed by atoms with van der Waals surface area (Å²) in [6.07, 6.45) is 6.95. The molecule has 0 aromatic heterocycles. The molecule has 0 aromatic rings. The van der Waals surface area contributed by atoms with Crippen molar-refractivity contribution in [2.45, 2.75) is 65.3 Å². The summed E-state index contributed by atoms with van der Waals surface area (Å²) in [5.74, 6) is 2.38. The lowest BCUT2D eigenvalue weighted by Gasteiger charge is -2.36. The molecule has 3 nitrogen and oxygen atoms in total. The highest BCUT2D eigenvalue weighted by atomic mass is 16.2. The predicted octanol–water partition coefficient (Wildman–Crippen LogP) is 3.03. The van der Waals surface area contributed by atoms with Gasteiger partial charge < -0.3 is 10.6 Å². The molecule has 3 heteroatoms. The van der Waals surface area contributed by atoms with Gasteiger partial charge in [0.15, 0.2) is 0 Å². The van der Waals surface area contributed by atoms with Crippen LogP contribution in [-0.2, 0) is 4.79 Å². The molecule has 1 saturated carbocycles. The first-order chi connectivity index (χ1) is 9.50. The minimum Gasteiger partial charge on any atom is -0.342 e. The monoisotopic (exact) mass is 280 g/mol. The number of nitrogens with two attached hydrogens (primary N) is 1. The van der Waals surface area contributed by atoms with E-state index in [-0.39, 0.29) is 12.0 Å². The molecule has 4 atom stereocenters. The highest BCUT2D eigenvalue weighted by Crippen LogP contribution is 2.32. The van der Waals surface area contributed by atoms with Gasteiger partial charge in [-0.1, -0.05) is 27.2 Å². The van der Waals surface area contributed by atoms with Gasteiger partial charge in [0.25, 0.3) is 0 Å². The van der Waals surface area contributed by atoms with E-state index in [9.17, 15) is 4.79 Å². The lowest BCUT2D eigenvalue weighted by Crippen LogP contribution is -2.49. The SMILES string of the molecule is CC(C)C1CCCN(C(=O)C2C(C)CCCC2N)CC1. The highest BCUT2D eigenvalue weighted by molar-refractivity contribution is 5.80. The van der Waals surface area contributed by atoms with Crippen LogP contribution in [0, 0.1) is 23.7 Å². The first-order valence-corrected chi connectivity index (χ1v) is 8.55. The van der Waals surface area contributed by atoms with Crippen molar-refractivity contribution in [1.29, 1.82) is 0 Å². The van der Waals surface area contributed by atoms with Crippen molar-refractivity contribution in [2.24, 2.45) is 29.4 Å². The maximum atomic E-state index is 12.8. The van der Waals surface area contributed by atoms with Crippen molar-refractivity contribution < 1.29 is 4.79 Å². The second-order valence-electron chi connectivity index (χ2n) is 7.36. The van der Waals surface area contributed by atoms with E-state index in [1.165, 1.54) is 19.3 Å². The number of rotatable bonds is 2. The van der Waals surface area contributed by atoms with Crippen LogP contribution >= 0.6 is 0 Å². The van der Waals surface area contributed by atoms with E-state index in [0.717, 1.165) is 44.2 Å². The van der Waals surface area contributed by atoms with Gasteiger partial charge in [-0.15, -0.1) is 0 Å². The van der Waals surface area contributed by atoms with Gasteiger partial charge in [-0.05, 0) is 49.9 Å². The molecule has 2 N–H and O–H groups in total. The van der Waals surface area contributed by atoms with Crippen LogP contribution in [0.3, 0.4) is 0 Å². The van der Waals surface area contributed by atoms with Crippen LogP contribution in [-0.4, -0.2) is 29.9 Å². The molecule has 0 bridgehead atoms. The Balaban J connectivity index is 1.98. The summed E-state index contributed by atoms with van der Waals surface area (Å²) in [6, 6.07) is 0.0791. The average Bonchev–Trinajstić information content (AvgIpc) is 2.64. The summed E-state index contributed by atoms with van der Waals surface area (Å²) in [5.41, 5.74) is 6.24. The lowest BCUT2D eigenvalue weighted by molar-refractivity contribution is -0.139. The second kappa shape index (κ2) is 6.93. The fraction of sp³-hybridized carbons (Fsp3) is 0.941. The van der Waals surface area contributed by atoms with Crippen LogP contribution in [0.15, 0.2) is 0 Å². The van der Waals surface area contributed by atoms with E-state index in [0.29, 0.717) is 11.8 Å². The summed E-state index contributed by atoms with van der Waals surface area (Å²) in [6.45, 7) is 8.70. The first kappa shape index (κ1) is 15.8. The summed E-state index contributed by atoms with van der Waals surface area (Å²) < 4.78 is 0. The zero-order chi connectivity index (χ0) is 14.7. The molecule has 0 spiro atoms. The Morgan fingerprint density at radius 2 is 1.85 bits per heavy atom. The normalized spacial score (nSPS) is 36.0. The summed E-state index contributed by atoms with van der Waals surface area (Å²) in [7, 11) is 0. The Labute approximate surface area is 124 Å². The fourth-order valence-corrected chi connectivity index (χ4v) is 4.10. The highest BCUT2D eigenvalue weighted by Gasteiger charge is 2.37. The van der Waals surface area contributed by atoms with Gasteiger partial charge >= 0.3 is 0 Å². The quantitative estimate of drug-likeness (QED) is 0.845. The molecule has 2 fully saturated rings. The molecule has 20 heavy (non-hydrogen) atoms. The van der Waals surface area contributed by atoms with Crippen LogP contribution in [0.2, 0.25) is 0 Å². The molecule has 1 aliphatic heterocycles. The largest absolute Gasteiger partial charge is 0.342 e. The smallest absolute Gasteiger partial charge is 0.227 e. The van der Waals surface area contributed by atoms with Gasteiger partial charge in [-0.2, -0.15) is 0 Å². The maximum Gasteiger partial charge on any atom is 0.227 e. The Kier molecular flexibility index (Phi) is 5.48. The van der Waals surface area contributed by atoms with E-state index in [1.54, 1.807) is 0 Å². The predicted molar refractivity (Wildman–Crippen MR) is 83.2 cm³/mol. The van der Waals surface area contributed by atoms with E-state index in [4.69, 9.17) is 5.73 Å². The van der Waals surface area contributed by atoms with E-state index in [2.05, 4.69) is 25.7 Å². The molecule has 116 valence electrons. The molecule has 1 aliphatic carbocycles. The number of hydrogen-bond donors (Lipinski definition) is 1. The summed E-state index contributed by atoms with van der Waals surface area (Å²) >= 11 is 0. The number of carbonyl (C=O) groups excluding carboxylic acids is 1. The van der Waals surface area contributed by atoms with Crippen molar-refractivity contribution in [3.63, 3.8) is 0 Å². The van der Waals surface area contributed by atoms with E-state index < -0.39 is 0 Å². The minimum atomic E-state index is 0.0688. The Hall–Kier alpha value is -0.570. The number of likely N-dealkylation sites (tertiary alicyclic amines) is 1. The average molecular weight is 280 g/mol. The summed E-state index contributed by atoms with van der Waals surface area (Å²) in [5, 5.41) is 0. The van der Waals surface area contributed by atoms with Crippen LogP contribution in [0.5, 0.6) is 0 Å². The van der Waals surface area contributed by atoms with Gasteiger partial charge in [-0.3, -0.25) is 4.79 Å². The molecular weight excluding hydrogens is 248 g/mol. The second-order valence-corrected chi connectivity index (χ2v) is 7.36. The maximum absolute atomic E-state index is 12.8. The molecule has 1 saturated heterocycles. The van der Waals surface area contributed by atoms with Gasteiger partial charge in [0, 0.05) is 19.1 Å². The molecule has 0 radical (unpaired) electrons. The lowest BCUT2D eigenvalue weighted by atomic mass is 9.76. The van der Waals surface area contributed by atoms with Crippen molar-refractivity contribution >= 4 is 5.91 Å². The van der Waals surface area contributed by atoms with Crippen molar-refractivity contribution in [3.8, 4) is 0 Å². The van der Waals surface area contributed by atoms with E-state index >= 15 is 0 Å². The number of amides is 1. The molecule has 1 amide bonds. The molecule has 2 aliphatic rings. The molecule has 1 heterocycles. The third kappa shape index (κ3) is 3.55. The van der Waals surface area contributed by atoms with Gasteiger partial charge in [0.05, 0.1) is 5.92 Å². The van der Waals surface area contributed by atoms with E-state index in [1.807, 2.05) is 0 Å². The Bertz CT molecular complexity index is 319. The topological polar surface area (TPSA) is 46.3 Å².